The summed E-state index contributed by atoms with van der Waals surface area (Å²) in [7, 11) is 3.65. The summed E-state index contributed by atoms with van der Waals surface area (Å²) in [5, 5.41) is 20.6. The lowest BCUT2D eigenvalue weighted by atomic mass is 10.0. The highest BCUT2D eigenvalue weighted by atomic mass is 32.2. The zero-order valence-electron chi connectivity index (χ0n) is 32.1. The van der Waals surface area contributed by atoms with E-state index in [1.807, 2.05) is 27.8 Å². The van der Waals surface area contributed by atoms with Crippen LogP contribution in [0.1, 0.15) is 71.9 Å². The van der Waals surface area contributed by atoms with E-state index in [9.17, 15) is 23.7 Å². The second kappa shape index (κ2) is 14.6. The Kier molecular flexibility index (Phi) is 11.1. The number of aryl methyl sites for hydroxylation is 1. The number of tetrazole rings is 1. The van der Waals surface area contributed by atoms with Crippen molar-refractivity contribution in [2.24, 2.45) is 5.16 Å². The predicted molar refractivity (Wildman–Crippen MR) is 197 cm³/mol. The van der Waals surface area contributed by atoms with E-state index in [0.29, 0.717) is 53.5 Å². The molecule has 2 aromatic rings. The number of β-lactam (4-membered cyclic amide) rings is 1. The third-order valence-corrected chi connectivity index (χ3v) is 11.0. The van der Waals surface area contributed by atoms with E-state index in [0.717, 1.165) is 0 Å². The monoisotopic (exact) mass is 775 g/mol. The van der Waals surface area contributed by atoms with Gasteiger partial charge in [0.1, 0.15) is 34.9 Å². The minimum absolute atomic E-state index is 0.0947. The van der Waals surface area contributed by atoms with Crippen LogP contribution in [0.3, 0.4) is 0 Å². The molecular formula is C32H48BN10O8S2+. The number of quaternary nitrogens is 1. The molecule has 3 atom stereocenters. The number of piperazine rings is 1. The van der Waals surface area contributed by atoms with Crippen LogP contribution in [-0.2, 0) is 39.9 Å². The molecule has 3 aliphatic rings. The summed E-state index contributed by atoms with van der Waals surface area (Å²) >= 11 is -0.365. The molecule has 18 nitrogen and oxygen atoms in total. The van der Waals surface area contributed by atoms with Crippen LogP contribution in [0.15, 0.2) is 16.1 Å². The molecule has 0 radical (unpaired) electrons. The molecule has 21 heteroatoms. The average Bonchev–Trinajstić information content (AvgIpc) is 3.65. The first-order valence-electron chi connectivity index (χ1n) is 17.2. The van der Waals surface area contributed by atoms with Crippen molar-refractivity contribution in [3.05, 3.63) is 27.5 Å². The van der Waals surface area contributed by atoms with Gasteiger partial charge in [-0.15, -0.1) is 21.5 Å². The quantitative estimate of drug-likeness (QED) is 0.0690. The van der Waals surface area contributed by atoms with Crippen molar-refractivity contribution in [3.8, 4) is 0 Å². The zero-order chi connectivity index (χ0) is 39.3. The van der Waals surface area contributed by atoms with Crippen molar-refractivity contribution in [1.82, 2.24) is 40.2 Å². The van der Waals surface area contributed by atoms with Gasteiger partial charge in [0.2, 0.25) is 16.8 Å². The molecule has 53 heavy (non-hydrogen) atoms. The fourth-order valence-corrected chi connectivity index (χ4v) is 8.20. The van der Waals surface area contributed by atoms with Gasteiger partial charge in [0.05, 0.1) is 43.8 Å². The highest BCUT2D eigenvalue weighted by Crippen LogP contribution is 2.41. The van der Waals surface area contributed by atoms with Crippen LogP contribution in [0.4, 0.5) is 4.79 Å². The summed E-state index contributed by atoms with van der Waals surface area (Å²) in [6.07, 6.45) is -0.371. The molecule has 1 unspecified atom stereocenters. The van der Waals surface area contributed by atoms with E-state index >= 15 is 0 Å². The largest absolute Gasteiger partial charge is 0.614 e. The lowest BCUT2D eigenvalue weighted by Crippen LogP contribution is -2.74. The van der Waals surface area contributed by atoms with E-state index in [1.165, 1.54) is 34.8 Å². The van der Waals surface area contributed by atoms with Crippen molar-refractivity contribution in [1.29, 1.82) is 0 Å². The van der Waals surface area contributed by atoms with Gasteiger partial charge in [0.15, 0.2) is 11.8 Å². The molecule has 0 spiro atoms. The summed E-state index contributed by atoms with van der Waals surface area (Å²) in [4.78, 5) is 66.4. The van der Waals surface area contributed by atoms with E-state index in [2.05, 4.69) is 30.9 Å². The minimum atomic E-state index is -1.64. The highest BCUT2D eigenvalue weighted by molar-refractivity contribution is 7.92. The highest BCUT2D eigenvalue weighted by Gasteiger charge is 2.61. The van der Waals surface area contributed by atoms with Crippen molar-refractivity contribution < 1.29 is 42.5 Å². The summed E-state index contributed by atoms with van der Waals surface area (Å²) in [6.45, 7) is 17.8. The van der Waals surface area contributed by atoms with Crippen molar-refractivity contribution in [3.63, 3.8) is 0 Å². The lowest BCUT2D eigenvalue weighted by molar-refractivity contribution is -0.908. The number of aromatic nitrogens is 5. The predicted octanol–water partition coefficient (Wildman–Crippen LogP) is 0.199. The molecule has 0 aromatic carbocycles. The third kappa shape index (κ3) is 9.18. The van der Waals surface area contributed by atoms with Crippen LogP contribution in [0.5, 0.6) is 0 Å². The number of carbonyl (C=O) groups excluding carboxylic acids is 4. The number of oxime groups is 1. The van der Waals surface area contributed by atoms with Crippen LogP contribution < -0.4 is 5.32 Å². The molecule has 2 aromatic heterocycles. The number of rotatable bonds is 9. The van der Waals surface area contributed by atoms with Gasteiger partial charge in [-0.1, -0.05) is 10.4 Å². The molecule has 1 N–H and O–H groups in total. The number of thiazole rings is 1. The molecular weight excluding hydrogens is 727 g/mol. The number of hydrogen-bond acceptors (Lipinski definition) is 14. The maximum absolute atomic E-state index is 14.0. The van der Waals surface area contributed by atoms with Crippen LogP contribution in [0.25, 0.3) is 5.70 Å². The number of esters is 1. The fraction of sp³-hybridized carbons (Fsp3) is 0.656. The molecule has 2 fully saturated rings. The summed E-state index contributed by atoms with van der Waals surface area (Å²) in [6, 6.07) is -1.18. The number of hydrogen-bond donors (Lipinski definition) is 1. The second-order valence-corrected chi connectivity index (χ2v) is 18.7. The Morgan fingerprint density at radius 3 is 2.30 bits per heavy atom. The van der Waals surface area contributed by atoms with Gasteiger partial charge < -0.3 is 28.7 Å². The molecule has 5 rings (SSSR count). The minimum Gasteiger partial charge on any atom is -0.614 e. The van der Waals surface area contributed by atoms with Crippen molar-refractivity contribution in [2.75, 3.05) is 45.5 Å². The number of amides is 3. The summed E-state index contributed by atoms with van der Waals surface area (Å²) in [5.41, 5.74) is -1.96. The molecule has 3 amide bonds. The first-order chi connectivity index (χ1) is 24.5. The maximum atomic E-state index is 14.0. The molecule has 3 aliphatic heterocycles. The Labute approximate surface area is 316 Å². The Hall–Kier alpha value is -4.08. The van der Waals surface area contributed by atoms with Gasteiger partial charge in [-0.05, 0) is 73.5 Å². The van der Waals surface area contributed by atoms with Crippen LogP contribution >= 0.6 is 11.3 Å². The molecule has 5 heterocycles. The number of carbonyl (C=O) groups is 4. The first-order valence-corrected chi connectivity index (χ1v) is 19.4. The number of nitrogens with one attached hydrogen (secondary N) is 1. The van der Waals surface area contributed by atoms with Crippen LogP contribution in [0, 0.1) is 6.92 Å². The second-order valence-electron chi connectivity index (χ2n) is 16.1. The molecule has 0 aliphatic carbocycles. The standard InChI is InChI=1S/C32H47BN10O8S2/c1-18-34-20(16-52-18)21(38-51-32(8,9)28(46)49-30(2,3)4)25(44)35-22-26(45)41-23(24-36-39-42(33)37-24)19(17-53(48)27(22)41)15-43(10)13-11-40(12-14-43)29(47)50-31(5,6)7/h16,22,27H,11-15,17,33H2,1-10H3/p+1/b38-21-/t22-,27-,53?/m1/s1. The van der Waals surface area contributed by atoms with E-state index in [1.54, 1.807) is 46.0 Å². The van der Waals surface area contributed by atoms with Gasteiger partial charge in [0.25, 0.3) is 19.8 Å². The number of likely N-dealkylation sites (N-methyl/N-ethyl adjacent to an activating group) is 1. The van der Waals surface area contributed by atoms with E-state index in [-0.39, 0.29) is 29.1 Å². The fourth-order valence-electron chi connectivity index (χ4n) is 5.93. The van der Waals surface area contributed by atoms with E-state index < -0.39 is 57.2 Å². The van der Waals surface area contributed by atoms with Gasteiger partial charge in [-0.25, -0.2) is 19.3 Å². The van der Waals surface area contributed by atoms with Crippen molar-refractivity contribution in [2.45, 2.75) is 90.5 Å². The van der Waals surface area contributed by atoms with Gasteiger partial charge >= 0.3 is 12.1 Å². The molecule has 2 saturated heterocycles. The first kappa shape index (κ1) is 40.1. The van der Waals surface area contributed by atoms with Gasteiger partial charge in [-0.3, -0.25) is 19.4 Å². The SMILES string of the molecule is Bn1nnc(C2=C(C[N+]3(C)CCN(C(=O)OC(C)(C)C)CC3)C[S+]([O-])[C@@H]3[C@H](NC(=O)/C(=N\OC(C)(C)C(=O)OC(C)(C)C)c4csc(C)n4)C(=O)N23)n1. The molecule has 0 bridgehead atoms. The topological polar surface area (TPSA) is 206 Å². The lowest BCUT2D eigenvalue weighted by Gasteiger charge is -2.50. The van der Waals surface area contributed by atoms with E-state index in [4.69, 9.17) is 14.3 Å². The van der Waals surface area contributed by atoms with Gasteiger partial charge in [0, 0.05) is 5.38 Å². The summed E-state index contributed by atoms with van der Waals surface area (Å²) in [5.74, 6) is -1.73. The Bertz CT molecular complexity index is 1820. The normalized spacial score (nSPS) is 22.2. The Morgan fingerprint density at radius 2 is 1.75 bits per heavy atom. The van der Waals surface area contributed by atoms with Crippen LogP contribution in [-0.4, -0.2) is 155 Å². The van der Waals surface area contributed by atoms with Crippen LogP contribution in [0.2, 0.25) is 0 Å². The summed E-state index contributed by atoms with van der Waals surface area (Å²) < 4.78 is 26.8. The average molecular weight is 776 g/mol. The number of nitrogens with zero attached hydrogens (tertiary/aromatic N) is 9. The molecule has 0 saturated carbocycles. The number of ether oxygens (including phenoxy) is 2. The number of fused-ring (bicyclic) bond motifs is 1. The Balaban J connectivity index is 1.37. The zero-order valence-corrected chi connectivity index (χ0v) is 33.7. The Morgan fingerprint density at radius 1 is 1.11 bits per heavy atom. The smallest absolute Gasteiger partial charge is 0.410 e. The maximum Gasteiger partial charge on any atom is 0.410 e. The van der Waals surface area contributed by atoms with Crippen molar-refractivity contribution >= 4 is 65.8 Å². The third-order valence-electron chi connectivity index (χ3n) is 8.59. The van der Waals surface area contributed by atoms with Gasteiger partial charge in [-0.2, -0.15) is 0 Å². The molecule has 288 valence electrons.